The quantitative estimate of drug-likeness (QED) is 0.321. The van der Waals surface area contributed by atoms with E-state index in [1.54, 1.807) is 27.3 Å². The van der Waals surface area contributed by atoms with Crippen LogP contribution in [-0.2, 0) is 11.2 Å². The van der Waals surface area contributed by atoms with Gasteiger partial charge in [-0.05, 0) is 24.5 Å². The summed E-state index contributed by atoms with van der Waals surface area (Å²) in [6, 6.07) is 22.4. The summed E-state index contributed by atoms with van der Waals surface area (Å²) < 4.78 is 11.0. The number of anilines is 2. The maximum atomic E-state index is 14.1. The number of fused-ring (bicyclic) bond motifs is 1. The van der Waals surface area contributed by atoms with Crippen LogP contribution in [0.4, 0.5) is 11.4 Å². The third-order valence-corrected chi connectivity index (χ3v) is 7.09. The highest BCUT2D eigenvalue weighted by atomic mass is 16.5. The zero-order chi connectivity index (χ0) is 26.6. The number of benzene rings is 3. The van der Waals surface area contributed by atoms with Gasteiger partial charge in [-0.2, -0.15) is 0 Å². The molecule has 2 heterocycles. The first-order valence-corrected chi connectivity index (χ1v) is 12.7. The predicted octanol–water partition coefficient (Wildman–Crippen LogP) is 5.47. The summed E-state index contributed by atoms with van der Waals surface area (Å²) >= 11 is 0. The van der Waals surface area contributed by atoms with Crippen molar-refractivity contribution in [3.63, 3.8) is 0 Å². The second-order valence-corrected chi connectivity index (χ2v) is 9.36. The fraction of sp³-hybridized carbons (Fsp3) is 0.258. The number of hydrogen-bond donors (Lipinski definition) is 1. The van der Waals surface area contributed by atoms with Crippen LogP contribution in [0.25, 0.3) is 0 Å². The van der Waals surface area contributed by atoms with Gasteiger partial charge < -0.3 is 19.7 Å². The first-order chi connectivity index (χ1) is 18.5. The molecule has 7 nitrogen and oxygen atoms in total. The Bertz CT molecular complexity index is 1380. The Labute approximate surface area is 222 Å². The number of aliphatic imine (C=N–C) groups is 1. The van der Waals surface area contributed by atoms with Crippen molar-refractivity contribution in [1.29, 1.82) is 0 Å². The molecule has 2 aliphatic rings. The van der Waals surface area contributed by atoms with Crippen LogP contribution in [0.3, 0.4) is 0 Å². The summed E-state index contributed by atoms with van der Waals surface area (Å²) in [6.45, 7) is 0. The van der Waals surface area contributed by atoms with E-state index in [0.29, 0.717) is 54.2 Å². The molecule has 5 rings (SSSR count). The maximum absolute atomic E-state index is 14.1. The Morgan fingerprint density at radius 2 is 1.68 bits per heavy atom. The molecule has 1 N–H and O–H groups in total. The van der Waals surface area contributed by atoms with Crippen LogP contribution in [-0.4, -0.2) is 44.7 Å². The van der Waals surface area contributed by atoms with Gasteiger partial charge in [0, 0.05) is 55.0 Å². The average Bonchev–Trinajstić information content (AvgIpc) is 3.51. The van der Waals surface area contributed by atoms with E-state index in [1.165, 1.54) is 0 Å². The summed E-state index contributed by atoms with van der Waals surface area (Å²) in [6.07, 6.45) is 2.05. The molecular weight excluding hydrogens is 478 g/mol. The van der Waals surface area contributed by atoms with Crippen LogP contribution in [0.1, 0.15) is 35.2 Å². The highest BCUT2D eigenvalue weighted by molar-refractivity contribution is 6.36. The number of nitrogens with one attached hydrogen (secondary N) is 1. The number of rotatable bonds is 8. The number of allylic oxidation sites excluding steroid dienone is 1. The van der Waals surface area contributed by atoms with Gasteiger partial charge in [-0.1, -0.05) is 48.5 Å². The van der Waals surface area contributed by atoms with Gasteiger partial charge in [0.25, 0.3) is 0 Å². The van der Waals surface area contributed by atoms with E-state index in [4.69, 9.17) is 9.47 Å². The molecule has 38 heavy (non-hydrogen) atoms. The van der Waals surface area contributed by atoms with E-state index < -0.39 is 6.04 Å². The first kappa shape index (κ1) is 25.3. The minimum absolute atomic E-state index is 0.00477. The molecule has 0 aromatic heterocycles. The molecule has 0 radical (unpaired) electrons. The number of amidine groups is 1. The second kappa shape index (κ2) is 10.9. The van der Waals surface area contributed by atoms with Crippen molar-refractivity contribution in [1.82, 2.24) is 0 Å². The van der Waals surface area contributed by atoms with Crippen molar-refractivity contribution < 1.29 is 19.1 Å². The lowest BCUT2D eigenvalue weighted by Gasteiger charge is -2.26. The standard InChI is InChI=1S/C31H31N3O4/c1-32-31-29(26-16-21-12-7-8-13-25(21)33-26)30(36)27(14-9-15-28(35)20-10-5-4-6-11-20)34(31)22-17-23(37-2)19-24(18-22)38-3/h4-8,10-13,17-19,27,33H,9,14-16H2,1-3H3. The molecular formula is C31H31N3O4. The van der Waals surface area contributed by atoms with Crippen LogP contribution in [0, 0.1) is 0 Å². The number of carbonyl (C=O) groups is 2. The van der Waals surface area contributed by atoms with Gasteiger partial charge in [-0.3, -0.25) is 14.6 Å². The largest absolute Gasteiger partial charge is 0.497 e. The number of Topliss-reactive ketones (excluding diaryl/α,β-unsaturated/α-hetero) is 2. The molecule has 7 heteroatoms. The topological polar surface area (TPSA) is 80.2 Å². The van der Waals surface area contributed by atoms with Crippen LogP contribution < -0.4 is 19.7 Å². The molecule has 194 valence electrons. The summed E-state index contributed by atoms with van der Waals surface area (Å²) in [4.78, 5) is 33.4. The Morgan fingerprint density at radius 1 is 1.00 bits per heavy atom. The summed E-state index contributed by atoms with van der Waals surface area (Å²) in [5, 5.41) is 3.45. The van der Waals surface area contributed by atoms with E-state index in [-0.39, 0.29) is 11.6 Å². The zero-order valence-corrected chi connectivity index (χ0v) is 21.9. The lowest BCUT2D eigenvalue weighted by molar-refractivity contribution is -0.115. The van der Waals surface area contributed by atoms with Gasteiger partial charge in [0.15, 0.2) is 11.6 Å². The summed E-state index contributed by atoms with van der Waals surface area (Å²) in [5.41, 5.74) is 5.02. The van der Waals surface area contributed by atoms with Crippen LogP contribution >= 0.6 is 0 Å². The number of hydrogen-bond acceptors (Lipinski definition) is 6. The Hall–Kier alpha value is -4.39. The minimum Gasteiger partial charge on any atom is -0.497 e. The molecule has 0 aliphatic carbocycles. The molecule has 2 aliphatic heterocycles. The number of nitrogens with zero attached hydrogens (tertiary/aromatic N) is 2. The molecule has 0 bridgehead atoms. The highest BCUT2D eigenvalue weighted by Crippen LogP contribution is 2.39. The van der Waals surface area contributed by atoms with E-state index in [9.17, 15) is 9.59 Å². The van der Waals surface area contributed by atoms with Gasteiger partial charge in [-0.15, -0.1) is 0 Å². The van der Waals surface area contributed by atoms with Gasteiger partial charge in [-0.25, -0.2) is 0 Å². The van der Waals surface area contributed by atoms with Gasteiger partial charge >= 0.3 is 0 Å². The van der Waals surface area contributed by atoms with Crippen molar-refractivity contribution in [3.05, 3.63) is 95.2 Å². The van der Waals surface area contributed by atoms with Gasteiger partial charge in [0.2, 0.25) is 0 Å². The Morgan fingerprint density at radius 3 is 2.34 bits per heavy atom. The normalized spacial score (nSPS) is 19.4. The molecule has 1 fully saturated rings. The lowest BCUT2D eigenvalue weighted by atomic mass is 9.99. The number of ether oxygens (including phenoxy) is 2. The van der Waals surface area contributed by atoms with Crippen molar-refractivity contribution in [2.24, 2.45) is 4.99 Å². The number of para-hydroxylation sites is 1. The molecule has 0 saturated carbocycles. The van der Waals surface area contributed by atoms with Crippen LogP contribution in [0.15, 0.2) is 89.1 Å². The minimum atomic E-state index is -0.512. The Balaban J connectivity index is 1.50. The van der Waals surface area contributed by atoms with E-state index in [2.05, 4.69) is 16.4 Å². The highest BCUT2D eigenvalue weighted by Gasteiger charge is 2.44. The van der Waals surface area contributed by atoms with Crippen molar-refractivity contribution in [3.8, 4) is 11.5 Å². The fourth-order valence-electron chi connectivity index (χ4n) is 5.23. The van der Waals surface area contributed by atoms with E-state index in [1.807, 2.05) is 65.6 Å². The van der Waals surface area contributed by atoms with Crippen molar-refractivity contribution in [2.75, 3.05) is 31.5 Å². The smallest absolute Gasteiger partial charge is 0.191 e. The number of carbonyl (C=O) groups excluding carboxylic acids is 2. The molecule has 0 spiro atoms. The van der Waals surface area contributed by atoms with Crippen molar-refractivity contribution >= 4 is 28.8 Å². The van der Waals surface area contributed by atoms with E-state index in [0.717, 1.165) is 22.6 Å². The monoisotopic (exact) mass is 509 g/mol. The fourth-order valence-corrected chi connectivity index (χ4v) is 5.23. The first-order valence-electron chi connectivity index (χ1n) is 12.7. The third kappa shape index (κ3) is 4.79. The van der Waals surface area contributed by atoms with Crippen molar-refractivity contribution in [2.45, 2.75) is 31.7 Å². The lowest BCUT2D eigenvalue weighted by Crippen LogP contribution is -2.35. The summed E-state index contributed by atoms with van der Waals surface area (Å²) in [5.74, 6) is 1.90. The molecule has 3 aromatic rings. The molecule has 1 saturated heterocycles. The van der Waals surface area contributed by atoms with Crippen LogP contribution in [0.5, 0.6) is 11.5 Å². The Kier molecular flexibility index (Phi) is 7.26. The SMILES string of the molecule is CN=C1C(=C2Cc3ccccc3N2)C(=O)C(CCCC(=O)c2ccccc2)N1c1cc(OC)cc(OC)c1. The van der Waals surface area contributed by atoms with E-state index >= 15 is 0 Å². The predicted molar refractivity (Wildman–Crippen MR) is 150 cm³/mol. The molecule has 1 atom stereocenters. The number of methoxy groups -OCH3 is 2. The third-order valence-electron chi connectivity index (χ3n) is 7.09. The van der Waals surface area contributed by atoms with Crippen LogP contribution in [0.2, 0.25) is 0 Å². The maximum Gasteiger partial charge on any atom is 0.191 e. The molecule has 1 unspecified atom stereocenters. The van der Waals surface area contributed by atoms with Gasteiger partial charge in [0.05, 0.1) is 31.5 Å². The number of ketones is 2. The average molecular weight is 510 g/mol. The van der Waals surface area contributed by atoms with Gasteiger partial charge in [0.1, 0.15) is 17.3 Å². The summed E-state index contributed by atoms with van der Waals surface area (Å²) in [7, 11) is 4.90. The second-order valence-electron chi connectivity index (χ2n) is 9.36. The molecule has 0 amide bonds. The molecule has 3 aromatic carbocycles. The zero-order valence-electron chi connectivity index (χ0n) is 21.9.